The number of rotatable bonds is 3. The molecular weight excluding hydrogens is 242 g/mol. The fourth-order valence-electron chi connectivity index (χ4n) is 1.29. The van der Waals surface area contributed by atoms with Gasteiger partial charge in [0, 0.05) is 6.04 Å². The number of hydrogen-bond acceptors (Lipinski definition) is 4. The lowest BCUT2D eigenvalue weighted by molar-refractivity contribution is 0.875. The topological polar surface area (TPSA) is 37.8 Å². The van der Waals surface area contributed by atoms with Crippen LogP contribution in [0.15, 0.2) is 24.3 Å². The molecule has 3 nitrogen and oxygen atoms in total. The number of thiophene rings is 1. The van der Waals surface area contributed by atoms with E-state index in [1.54, 1.807) is 0 Å². The van der Waals surface area contributed by atoms with Crippen molar-refractivity contribution in [3.63, 3.8) is 0 Å². The monoisotopic (exact) mass is 253 g/mol. The van der Waals surface area contributed by atoms with Gasteiger partial charge >= 0.3 is 0 Å². The lowest BCUT2D eigenvalue weighted by Crippen LogP contribution is -2.11. The minimum atomic E-state index is 0.358. The van der Waals surface area contributed by atoms with Crippen molar-refractivity contribution in [3.05, 3.63) is 28.6 Å². The third-order valence-corrected chi connectivity index (χ3v) is 3.18. The first kappa shape index (κ1) is 11.4. The highest BCUT2D eigenvalue weighted by Gasteiger charge is 2.04. The SMILES string of the molecule is CC(C)Nc1ccc(-c2ccc(Cl)s2)nn1. The van der Waals surface area contributed by atoms with E-state index in [1.807, 2.05) is 24.3 Å². The standard InChI is InChI=1S/C11H12ClN3S/c1-7(2)13-11-6-3-8(14-15-11)9-4-5-10(12)16-9/h3-7H,1-2H3,(H,13,15). The Morgan fingerprint density at radius 2 is 2.00 bits per heavy atom. The van der Waals surface area contributed by atoms with E-state index in [2.05, 4.69) is 29.4 Å². The molecule has 0 aliphatic heterocycles. The summed E-state index contributed by atoms with van der Waals surface area (Å²) in [6.45, 7) is 4.13. The zero-order valence-electron chi connectivity index (χ0n) is 9.07. The van der Waals surface area contributed by atoms with Gasteiger partial charge in [-0.05, 0) is 38.1 Å². The van der Waals surface area contributed by atoms with Gasteiger partial charge in [-0.2, -0.15) is 0 Å². The highest BCUT2D eigenvalue weighted by atomic mass is 35.5. The van der Waals surface area contributed by atoms with E-state index >= 15 is 0 Å². The minimum Gasteiger partial charge on any atom is -0.366 e. The molecule has 0 saturated carbocycles. The molecule has 2 aromatic rings. The van der Waals surface area contributed by atoms with Crippen molar-refractivity contribution in [3.8, 4) is 10.6 Å². The number of anilines is 1. The van der Waals surface area contributed by atoms with Gasteiger partial charge in [0.2, 0.25) is 0 Å². The van der Waals surface area contributed by atoms with Gasteiger partial charge in [-0.1, -0.05) is 11.6 Å². The molecule has 0 atom stereocenters. The maximum Gasteiger partial charge on any atom is 0.148 e. The Labute approximate surface area is 103 Å². The van der Waals surface area contributed by atoms with Crippen LogP contribution in [0.2, 0.25) is 4.34 Å². The second-order valence-electron chi connectivity index (χ2n) is 3.71. The van der Waals surface area contributed by atoms with Crippen molar-refractivity contribution >= 4 is 28.8 Å². The number of hydrogen-bond donors (Lipinski definition) is 1. The fourth-order valence-corrected chi connectivity index (χ4v) is 2.30. The average Bonchev–Trinajstić information content (AvgIpc) is 2.65. The van der Waals surface area contributed by atoms with Crippen LogP contribution in [0.5, 0.6) is 0 Å². The third kappa shape index (κ3) is 2.71. The highest BCUT2D eigenvalue weighted by Crippen LogP contribution is 2.29. The summed E-state index contributed by atoms with van der Waals surface area (Å²) < 4.78 is 0.765. The zero-order chi connectivity index (χ0) is 11.5. The molecule has 0 aliphatic carbocycles. The summed E-state index contributed by atoms with van der Waals surface area (Å²) in [5, 5.41) is 11.5. The second-order valence-corrected chi connectivity index (χ2v) is 5.42. The number of nitrogens with one attached hydrogen (secondary N) is 1. The Morgan fingerprint density at radius 1 is 1.19 bits per heavy atom. The Bertz CT molecular complexity index is 464. The summed E-state index contributed by atoms with van der Waals surface area (Å²) >= 11 is 7.37. The van der Waals surface area contributed by atoms with Gasteiger partial charge < -0.3 is 5.32 Å². The first-order chi connectivity index (χ1) is 7.65. The van der Waals surface area contributed by atoms with Crippen molar-refractivity contribution < 1.29 is 0 Å². The molecule has 0 fully saturated rings. The van der Waals surface area contributed by atoms with E-state index in [4.69, 9.17) is 11.6 Å². The van der Waals surface area contributed by atoms with E-state index in [9.17, 15) is 0 Å². The van der Waals surface area contributed by atoms with Gasteiger partial charge in [-0.25, -0.2) is 0 Å². The number of nitrogens with zero attached hydrogens (tertiary/aromatic N) is 2. The molecular formula is C11H12ClN3S. The van der Waals surface area contributed by atoms with Crippen LogP contribution in [-0.2, 0) is 0 Å². The van der Waals surface area contributed by atoms with Gasteiger partial charge in [0.25, 0.3) is 0 Å². The van der Waals surface area contributed by atoms with E-state index in [-0.39, 0.29) is 0 Å². The number of halogens is 1. The second kappa shape index (κ2) is 4.80. The van der Waals surface area contributed by atoms with Crippen molar-refractivity contribution in [2.45, 2.75) is 19.9 Å². The van der Waals surface area contributed by atoms with Crippen LogP contribution in [0.3, 0.4) is 0 Å². The molecule has 0 saturated heterocycles. The molecule has 2 aromatic heterocycles. The van der Waals surface area contributed by atoms with Crippen LogP contribution in [0.4, 0.5) is 5.82 Å². The first-order valence-electron chi connectivity index (χ1n) is 5.01. The smallest absolute Gasteiger partial charge is 0.148 e. The lowest BCUT2D eigenvalue weighted by atomic mass is 10.3. The van der Waals surface area contributed by atoms with E-state index in [1.165, 1.54) is 11.3 Å². The lowest BCUT2D eigenvalue weighted by Gasteiger charge is -2.07. The molecule has 0 bridgehead atoms. The Balaban J connectivity index is 2.19. The predicted octanol–water partition coefficient (Wildman–Crippen LogP) is 3.68. The van der Waals surface area contributed by atoms with Gasteiger partial charge in [0.15, 0.2) is 0 Å². The van der Waals surface area contributed by atoms with E-state index < -0.39 is 0 Å². The molecule has 0 radical (unpaired) electrons. The van der Waals surface area contributed by atoms with Crippen molar-refractivity contribution in [1.29, 1.82) is 0 Å². The summed E-state index contributed by atoms with van der Waals surface area (Å²) in [5.41, 5.74) is 0.853. The largest absolute Gasteiger partial charge is 0.366 e. The van der Waals surface area contributed by atoms with Gasteiger partial charge in [0.1, 0.15) is 11.5 Å². The van der Waals surface area contributed by atoms with Crippen LogP contribution in [0.25, 0.3) is 10.6 Å². The quantitative estimate of drug-likeness (QED) is 0.907. The molecule has 0 aromatic carbocycles. The molecule has 0 spiro atoms. The average molecular weight is 254 g/mol. The zero-order valence-corrected chi connectivity index (χ0v) is 10.6. The van der Waals surface area contributed by atoms with Gasteiger partial charge in [-0.15, -0.1) is 21.5 Å². The molecule has 84 valence electrons. The van der Waals surface area contributed by atoms with Crippen molar-refractivity contribution in [2.75, 3.05) is 5.32 Å². The summed E-state index contributed by atoms with van der Waals surface area (Å²) in [6, 6.07) is 8.04. The molecule has 2 heterocycles. The van der Waals surface area contributed by atoms with Crippen LogP contribution in [-0.4, -0.2) is 16.2 Å². The van der Waals surface area contributed by atoms with Crippen LogP contribution < -0.4 is 5.32 Å². The summed E-state index contributed by atoms with van der Waals surface area (Å²) in [7, 11) is 0. The van der Waals surface area contributed by atoms with Crippen LogP contribution in [0.1, 0.15) is 13.8 Å². The maximum absolute atomic E-state index is 5.87. The molecule has 0 aliphatic rings. The fraction of sp³-hybridized carbons (Fsp3) is 0.273. The van der Waals surface area contributed by atoms with Crippen molar-refractivity contribution in [1.82, 2.24) is 10.2 Å². The summed E-state index contributed by atoms with van der Waals surface area (Å²) in [4.78, 5) is 1.04. The van der Waals surface area contributed by atoms with E-state index in [0.29, 0.717) is 6.04 Å². The Hall–Kier alpha value is -1.13. The molecule has 5 heteroatoms. The normalized spacial score (nSPS) is 10.8. The molecule has 0 unspecified atom stereocenters. The molecule has 0 amide bonds. The van der Waals surface area contributed by atoms with E-state index in [0.717, 1.165) is 20.7 Å². The molecule has 16 heavy (non-hydrogen) atoms. The van der Waals surface area contributed by atoms with Crippen LogP contribution >= 0.6 is 22.9 Å². The summed E-state index contributed by atoms with van der Waals surface area (Å²) in [5.74, 6) is 0.793. The summed E-state index contributed by atoms with van der Waals surface area (Å²) in [6.07, 6.45) is 0. The Morgan fingerprint density at radius 3 is 2.50 bits per heavy atom. The predicted molar refractivity (Wildman–Crippen MR) is 69.1 cm³/mol. The molecule has 2 rings (SSSR count). The number of aromatic nitrogens is 2. The minimum absolute atomic E-state index is 0.358. The first-order valence-corrected chi connectivity index (χ1v) is 6.20. The van der Waals surface area contributed by atoms with Gasteiger partial charge in [0.05, 0.1) is 9.21 Å². The molecule has 1 N–H and O–H groups in total. The van der Waals surface area contributed by atoms with Gasteiger partial charge in [-0.3, -0.25) is 0 Å². The maximum atomic E-state index is 5.87. The highest BCUT2D eigenvalue weighted by molar-refractivity contribution is 7.19. The third-order valence-electron chi connectivity index (χ3n) is 1.93. The Kier molecular flexibility index (Phi) is 3.41. The van der Waals surface area contributed by atoms with Crippen molar-refractivity contribution in [2.24, 2.45) is 0 Å². The van der Waals surface area contributed by atoms with Crippen LogP contribution in [0, 0.1) is 0 Å².